The molecule has 18 heavy (non-hydrogen) atoms. The number of hydrogen-bond donors (Lipinski definition) is 6. The lowest BCUT2D eigenvalue weighted by Crippen LogP contribution is -2.70. The second kappa shape index (κ2) is 4.44. The van der Waals surface area contributed by atoms with Crippen molar-refractivity contribution in [2.45, 2.75) is 30.1 Å². The molecule has 102 valence electrons. The third-order valence-electron chi connectivity index (χ3n) is 3.04. The molecule has 0 saturated carbocycles. The fourth-order valence-electron chi connectivity index (χ4n) is 2.08. The number of hydrogen-bond acceptors (Lipinski definition) is 7. The molecule has 6 N–H and O–H groups in total. The van der Waals surface area contributed by atoms with Crippen molar-refractivity contribution in [2.24, 2.45) is 0 Å². The van der Waals surface area contributed by atoms with E-state index in [1.807, 2.05) is 0 Å². The van der Waals surface area contributed by atoms with Crippen LogP contribution in [0.1, 0.15) is 0 Å². The molecule has 0 bridgehead atoms. The van der Waals surface area contributed by atoms with Crippen LogP contribution in [0.15, 0.2) is 0 Å². The molecule has 0 aromatic rings. The van der Waals surface area contributed by atoms with Crippen molar-refractivity contribution < 1.29 is 34.8 Å². The third-order valence-corrected chi connectivity index (χ3v) is 3.04. The van der Waals surface area contributed by atoms with Crippen LogP contribution < -0.4 is 10.6 Å². The fraction of sp³-hybridized carbons (Fsp3) is 0.778. The van der Waals surface area contributed by atoms with E-state index in [1.165, 1.54) is 0 Å². The first kappa shape index (κ1) is 13.2. The van der Waals surface area contributed by atoms with Crippen molar-refractivity contribution >= 4 is 11.8 Å². The summed E-state index contributed by atoms with van der Waals surface area (Å²) in [6.07, 6.45) is -6.22. The van der Waals surface area contributed by atoms with E-state index in [4.69, 9.17) is 9.84 Å². The fourth-order valence-corrected chi connectivity index (χ4v) is 2.08. The van der Waals surface area contributed by atoms with Gasteiger partial charge in [-0.05, 0) is 0 Å². The van der Waals surface area contributed by atoms with Gasteiger partial charge < -0.3 is 35.8 Å². The first-order chi connectivity index (χ1) is 8.42. The average Bonchev–Trinajstić information content (AvgIpc) is 2.60. The van der Waals surface area contributed by atoms with E-state index in [2.05, 4.69) is 10.6 Å². The molecule has 9 nitrogen and oxygen atoms in total. The first-order valence-corrected chi connectivity index (χ1v) is 5.34. The van der Waals surface area contributed by atoms with Crippen LogP contribution in [0.3, 0.4) is 0 Å². The average molecular weight is 262 g/mol. The Morgan fingerprint density at radius 2 is 2.11 bits per heavy atom. The van der Waals surface area contributed by atoms with Crippen LogP contribution in [0.25, 0.3) is 0 Å². The van der Waals surface area contributed by atoms with Crippen molar-refractivity contribution in [3.8, 4) is 0 Å². The summed E-state index contributed by atoms with van der Waals surface area (Å²) in [7, 11) is 0. The van der Waals surface area contributed by atoms with Crippen LogP contribution in [0.5, 0.6) is 0 Å². The summed E-state index contributed by atoms with van der Waals surface area (Å²) in [5, 5.41) is 42.1. The highest BCUT2D eigenvalue weighted by Crippen LogP contribution is 2.32. The van der Waals surface area contributed by atoms with Gasteiger partial charge in [-0.3, -0.25) is 9.59 Å². The minimum absolute atomic E-state index is 0.264. The highest BCUT2D eigenvalue weighted by molar-refractivity contribution is 5.97. The summed E-state index contributed by atoms with van der Waals surface area (Å²) in [6, 6.07) is 0. The number of aliphatic hydroxyl groups is 4. The molecule has 0 aliphatic carbocycles. The van der Waals surface area contributed by atoms with E-state index in [9.17, 15) is 24.9 Å². The number of ether oxygens (including phenoxy) is 1. The van der Waals surface area contributed by atoms with Gasteiger partial charge in [-0.2, -0.15) is 0 Å². The van der Waals surface area contributed by atoms with Gasteiger partial charge in [0.1, 0.15) is 24.4 Å². The van der Waals surface area contributed by atoms with E-state index in [-0.39, 0.29) is 6.54 Å². The van der Waals surface area contributed by atoms with Gasteiger partial charge in [0.2, 0.25) is 5.91 Å². The van der Waals surface area contributed by atoms with Gasteiger partial charge >= 0.3 is 0 Å². The Kier molecular flexibility index (Phi) is 3.25. The molecule has 0 aromatic carbocycles. The number of rotatable bonds is 2. The summed E-state index contributed by atoms with van der Waals surface area (Å²) in [5.74, 6) is -1.42. The molecule has 2 fully saturated rings. The molecule has 0 aromatic heterocycles. The zero-order valence-corrected chi connectivity index (χ0v) is 9.24. The second-order valence-corrected chi connectivity index (χ2v) is 4.23. The number of aliphatic hydroxyl groups excluding tert-OH is 4. The standard InChI is InChI=1S/C9H14N2O7/c12-2-3(13)6-5(15)7(16)9(18-6)8(17)10-1-4(14)11-9/h3,5-7,12-13,15-16H,1-2H2,(H,10,17)(H,11,14)/t3-,5+,6-,7+,9+/m1/s1. The maximum atomic E-state index is 11.7. The number of piperazine rings is 1. The van der Waals surface area contributed by atoms with Gasteiger partial charge in [0, 0.05) is 0 Å². The van der Waals surface area contributed by atoms with Crippen LogP contribution >= 0.6 is 0 Å². The lowest BCUT2D eigenvalue weighted by atomic mass is 9.98. The Balaban J connectivity index is 2.28. The van der Waals surface area contributed by atoms with Crippen LogP contribution in [0, 0.1) is 0 Å². The van der Waals surface area contributed by atoms with Crippen molar-refractivity contribution in [3.63, 3.8) is 0 Å². The highest BCUT2D eigenvalue weighted by Gasteiger charge is 2.62. The molecule has 9 heteroatoms. The molecule has 0 radical (unpaired) electrons. The van der Waals surface area contributed by atoms with Gasteiger partial charge in [-0.25, -0.2) is 0 Å². The topological polar surface area (TPSA) is 148 Å². The summed E-state index contributed by atoms with van der Waals surface area (Å²) in [4.78, 5) is 23.0. The van der Waals surface area contributed by atoms with Gasteiger partial charge in [0.05, 0.1) is 13.2 Å². The van der Waals surface area contributed by atoms with Crippen molar-refractivity contribution in [3.05, 3.63) is 0 Å². The van der Waals surface area contributed by atoms with Crippen LogP contribution in [-0.4, -0.2) is 75.5 Å². The molecule has 2 saturated heterocycles. The maximum absolute atomic E-state index is 11.7. The summed E-state index contributed by atoms with van der Waals surface area (Å²) in [6.45, 7) is -0.986. The predicted octanol–water partition coefficient (Wildman–Crippen LogP) is -4.60. The SMILES string of the molecule is O=C1CNC(=O)[C@@]2(N1)O[C@H]([C@H](O)CO)[C@H](O)[C@@H]2O. The Labute approximate surface area is 101 Å². The van der Waals surface area contributed by atoms with Gasteiger partial charge in [-0.1, -0.05) is 0 Å². The van der Waals surface area contributed by atoms with Crippen LogP contribution in [-0.2, 0) is 14.3 Å². The number of carbonyl (C=O) groups is 2. The smallest absolute Gasteiger partial charge is 0.276 e. The number of amides is 2. The second-order valence-electron chi connectivity index (χ2n) is 4.23. The van der Waals surface area contributed by atoms with Gasteiger partial charge in [0.25, 0.3) is 11.6 Å². The van der Waals surface area contributed by atoms with Crippen molar-refractivity contribution in [1.82, 2.24) is 10.6 Å². The molecular formula is C9H14N2O7. The molecule has 5 atom stereocenters. The summed E-state index contributed by atoms with van der Waals surface area (Å²) >= 11 is 0. The molecule has 1 spiro atoms. The minimum Gasteiger partial charge on any atom is -0.394 e. The summed E-state index contributed by atoms with van der Waals surface area (Å²) in [5.41, 5.74) is -2.13. The van der Waals surface area contributed by atoms with E-state index < -0.39 is 48.6 Å². The minimum atomic E-state index is -2.13. The van der Waals surface area contributed by atoms with E-state index in [0.29, 0.717) is 0 Å². The largest absolute Gasteiger partial charge is 0.394 e. The molecule has 2 amide bonds. The molecule has 2 rings (SSSR count). The Hall–Kier alpha value is -1.26. The molecular weight excluding hydrogens is 248 g/mol. The zero-order valence-electron chi connectivity index (χ0n) is 9.24. The van der Waals surface area contributed by atoms with Crippen LogP contribution in [0.2, 0.25) is 0 Å². The van der Waals surface area contributed by atoms with Crippen LogP contribution in [0.4, 0.5) is 0 Å². The highest BCUT2D eigenvalue weighted by atomic mass is 16.6. The lowest BCUT2D eigenvalue weighted by Gasteiger charge is -2.34. The van der Waals surface area contributed by atoms with Gasteiger partial charge in [0.15, 0.2) is 0 Å². The quantitative estimate of drug-likeness (QED) is 0.293. The molecule has 0 unspecified atom stereocenters. The molecule has 2 aliphatic rings. The third kappa shape index (κ3) is 1.76. The van der Waals surface area contributed by atoms with E-state index >= 15 is 0 Å². The predicted molar refractivity (Wildman–Crippen MR) is 53.9 cm³/mol. The van der Waals surface area contributed by atoms with Gasteiger partial charge in [-0.15, -0.1) is 0 Å². The van der Waals surface area contributed by atoms with E-state index in [0.717, 1.165) is 0 Å². The number of carbonyl (C=O) groups excluding carboxylic acids is 2. The number of nitrogens with one attached hydrogen (secondary N) is 2. The normalized spacial score (nSPS) is 41.7. The molecule has 2 aliphatic heterocycles. The zero-order chi connectivity index (χ0) is 13.5. The monoisotopic (exact) mass is 262 g/mol. The Morgan fingerprint density at radius 3 is 2.72 bits per heavy atom. The Bertz CT molecular complexity index is 376. The first-order valence-electron chi connectivity index (χ1n) is 5.34. The molecule has 2 heterocycles. The lowest BCUT2D eigenvalue weighted by molar-refractivity contribution is -0.177. The maximum Gasteiger partial charge on any atom is 0.276 e. The Morgan fingerprint density at radius 1 is 1.44 bits per heavy atom. The van der Waals surface area contributed by atoms with Crippen molar-refractivity contribution in [1.29, 1.82) is 0 Å². The van der Waals surface area contributed by atoms with E-state index in [1.54, 1.807) is 0 Å². The van der Waals surface area contributed by atoms with Crippen molar-refractivity contribution in [2.75, 3.05) is 13.2 Å². The summed E-state index contributed by atoms with van der Waals surface area (Å²) < 4.78 is 5.10.